The molecule has 2 aromatic carbocycles. The molecule has 63 valence electrons. The van der Waals surface area contributed by atoms with E-state index in [0.717, 1.165) is 11.1 Å². The van der Waals surface area contributed by atoms with Crippen LogP contribution in [0.15, 0.2) is 48.5 Å². The molecule has 0 saturated carbocycles. The van der Waals surface area contributed by atoms with Gasteiger partial charge in [0.1, 0.15) is 5.75 Å². The fourth-order valence-corrected chi connectivity index (χ4v) is 1.28. The Bertz CT molecular complexity index is 393. The summed E-state index contributed by atoms with van der Waals surface area (Å²) in [5, 5.41) is 9.55. The summed E-state index contributed by atoms with van der Waals surface area (Å²) < 4.78 is 0. The van der Waals surface area contributed by atoms with Crippen molar-refractivity contribution < 1.29 is 5.11 Å². The number of phenolic OH excluding ortho intramolecular Hbond substituents is 1. The lowest BCUT2D eigenvalue weighted by molar-refractivity contribution is 0.477. The first kappa shape index (κ1) is 7.87. The Hall–Kier alpha value is -1.76. The normalized spacial score (nSPS) is 9.85. The van der Waals surface area contributed by atoms with Crippen LogP contribution >= 0.6 is 0 Å². The van der Waals surface area contributed by atoms with Crippen LogP contribution in [0.4, 0.5) is 0 Å². The minimum absolute atomic E-state index is 0.308. The number of rotatable bonds is 1. The van der Waals surface area contributed by atoms with Crippen LogP contribution < -0.4 is 0 Å². The molecule has 2 aromatic rings. The molecule has 0 amide bonds. The molecule has 0 saturated heterocycles. The standard InChI is InChI=1S/C12H9O/c13-12-9-5-4-8-11(12)10-6-2-1-3-7-10/h1-2,4-9,13H. The molecule has 0 aliphatic rings. The van der Waals surface area contributed by atoms with Gasteiger partial charge in [-0.3, -0.25) is 0 Å². The number of benzene rings is 2. The Morgan fingerprint density at radius 3 is 2.54 bits per heavy atom. The van der Waals surface area contributed by atoms with Gasteiger partial charge in [-0.1, -0.05) is 36.4 Å². The summed E-state index contributed by atoms with van der Waals surface area (Å²) >= 11 is 0. The number of aromatic hydroxyl groups is 1. The van der Waals surface area contributed by atoms with Crippen LogP contribution in [0.1, 0.15) is 0 Å². The monoisotopic (exact) mass is 169 g/mol. The molecule has 1 N–H and O–H groups in total. The number of para-hydroxylation sites is 1. The maximum atomic E-state index is 9.55. The summed E-state index contributed by atoms with van der Waals surface area (Å²) in [5.41, 5.74) is 1.83. The smallest absolute Gasteiger partial charge is 0.123 e. The van der Waals surface area contributed by atoms with E-state index < -0.39 is 0 Å². The lowest BCUT2D eigenvalue weighted by atomic mass is 10.1. The van der Waals surface area contributed by atoms with E-state index in [9.17, 15) is 5.11 Å². The first-order valence-corrected chi connectivity index (χ1v) is 4.12. The van der Waals surface area contributed by atoms with Crippen LogP contribution in [0.5, 0.6) is 5.75 Å². The summed E-state index contributed by atoms with van der Waals surface area (Å²) in [6.07, 6.45) is 0. The predicted molar refractivity (Wildman–Crippen MR) is 52.4 cm³/mol. The van der Waals surface area contributed by atoms with Gasteiger partial charge in [-0.2, -0.15) is 0 Å². The molecule has 0 unspecified atom stereocenters. The third-order valence-corrected chi connectivity index (χ3v) is 1.92. The Morgan fingerprint density at radius 2 is 1.85 bits per heavy atom. The zero-order valence-corrected chi connectivity index (χ0v) is 7.07. The van der Waals surface area contributed by atoms with Gasteiger partial charge in [-0.15, -0.1) is 0 Å². The summed E-state index contributed by atoms with van der Waals surface area (Å²) in [6.45, 7) is 0. The maximum absolute atomic E-state index is 9.55. The summed E-state index contributed by atoms with van der Waals surface area (Å²) in [5.74, 6) is 0.308. The lowest BCUT2D eigenvalue weighted by Crippen LogP contribution is -1.76. The molecule has 0 aliphatic carbocycles. The van der Waals surface area contributed by atoms with Gasteiger partial charge >= 0.3 is 0 Å². The lowest BCUT2D eigenvalue weighted by Gasteiger charge is -2.02. The minimum Gasteiger partial charge on any atom is -0.507 e. The fourth-order valence-electron chi connectivity index (χ4n) is 1.28. The van der Waals surface area contributed by atoms with Gasteiger partial charge in [-0.25, -0.2) is 0 Å². The van der Waals surface area contributed by atoms with E-state index in [2.05, 4.69) is 6.07 Å². The molecule has 0 fully saturated rings. The number of phenols is 1. The quantitative estimate of drug-likeness (QED) is 0.696. The molecule has 0 heterocycles. The average Bonchev–Trinajstić information content (AvgIpc) is 2.20. The molecule has 0 aliphatic heterocycles. The SMILES string of the molecule is Oc1ccccc1-c1c[c]ccc1. The van der Waals surface area contributed by atoms with E-state index >= 15 is 0 Å². The molecular formula is C12H9O. The molecule has 2 rings (SSSR count). The predicted octanol–water partition coefficient (Wildman–Crippen LogP) is 2.86. The van der Waals surface area contributed by atoms with Gasteiger partial charge in [-0.05, 0) is 23.8 Å². The van der Waals surface area contributed by atoms with E-state index in [1.807, 2.05) is 42.5 Å². The van der Waals surface area contributed by atoms with Crippen molar-refractivity contribution in [1.82, 2.24) is 0 Å². The molecule has 13 heavy (non-hydrogen) atoms. The largest absolute Gasteiger partial charge is 0.507 e. The van der Waals surface area contributed by atoms with Crippen molar-refractivity contribution in [3.63, 3.8) is 0 Å². The van der Waals surface area contributed by atoms with Crippen molar-refractivity contribution in [1.29, 1.82) is 0 Å². The second-order valence-electron chi connectivity index (χ2n) is 2.81. The Labute approximate surface area is 77.3 Å². The fraction of sp³-hybridized carbons (Fsp3) is 0. The topological polar surface area (TPSA) is 20.2 Å². The Kier molecular flexibility index (Phi) is 2.01. The van der Waals surface area contributed by atoms with E-state index in [-0.39, 0.29) is 0 Å². The van der Waals surface area contributed by atoms with Gasteiger partial charge in [0.05, 0.1) is 0 Å². The molecule has 1 nitrogen and oxygen atoms in total. The van der Waals surface area contributed by atoms with Crippen molar-refractivity contribution in [2.75, 3.05) is 0 Å². The molecule has 1 radical (unpaired) electrons. The summed E-state index contributed by atoms with van der Waals surface area (Å²) in [7, 11) is 0. The number of hydrogen-bond donors (Lipinski definition) is 1. The Morgan fingerprint density at radius 1 is 1.00 bits per heavy atom. The van der Waals surface area contributed by atoms with E-state index in [0.29, 0.717) is 5.75 Å². The van der Waals surface area contributed by atoms with Crippen LogP contribution in [-0.4, -0.2) is 5.11 Å². The third-order valence-electron chi connectivity index (χ3n) is 1.92. The van der Waals surface area contributed by atoms with Gasteiger partial charge in [0.2, 0.25) is 0 Å². The number of hydrogen-bond acceptors (Lipinski definition) is 1. The van der Waals surface area contributed by atoms with Crippen LogP contribution in [0, 0.1) is 6.07 Å². The van der Waals surface area contributed by atoms with Crippen LogP contribution in [0.3, 0.4) is 0 Å². The first-order chi connectivity index (χ1) is 6.38. The maximum Gasteiger partial charge on any atom is 0.123 e. The minimum atomic E-state index is 0.308. The highest BCUT2D eigenvalue weighted by atomic mass is 16.3. The highest BCUT2D eigenvalue weighted by Crippen LogP contribution is 2.27. The second-order valence-corrected chi connectivity index (χ2v) is 2.81. The van der Waals surface area contributed by atoms with Gasteiger partial charge in [0, 0.05) is 5.56 Å². The van der Waals surface area contributed by atoms with Crippen molar-refractivity contribution in [2.24, 2.45) is 0 Å². The van der Waals surface area contributed by atoms with Crippen molar-refractivity contribution in [3.05, 3.63) is 54.6 Å². The highest BCUT2D eigenvalue weighted by Gasteiger charge is 2.00. The van der Waals surface area contributed by atoms with E-state index in [1.54, 1.807) is 6.07 Å². The summed E-state index contributed by atoms with van der Waals surface area (Å²) in [6, 6.07) is 17.8. The van der Waals surface area contributed by atoms with Gasteiger partial charge < -0.3 is 5.11 Å². The van der Waals surface area contributed by atoms with Crippen LogP contribution in [0.2, 0.25) is 0 Å². The van der Waals surface area contributed by atoms with Gasteiger partial charge in [0.15, 0.2) is 0 Å². The first-order valence-electron chi connectivity index (χ1n) is 4.12. The van der Waals surface area contributed by atoms with Crippen LogP contribution in [0.25, 0.3) is 11.1 Å². The zero-order valence-electron chi connectivity index (χ0n) is 7.07. The van der Waals surface area contributed by atoms with Crippen LogP contribution in [-0.2, 0) is 0 Å². The molecule has 0 aromatic heterocycles. The molecule has 0 spiro atoms. The Balaban J connectivity index is 2.54. The zero-order chi connectivity index (χ0) is 9.10. The van der Waals surface area contributed by atoms with E-state index in [4.69, 9.17) is 0 Å². The average molecular weight is 169 g/mol. The molecular weight excluding hydrogens is 160 g/mol. The highest BCUT2D eigenvalue weighted by molar-refractivity contribution is 5.69. The molecule has 0 bridgehead atoms. The molecule has 1 heteroatoms. The van der Waals surface area contributed by atoms with E-state index in [1.165, 1.54) is 0 Å². The third kappa shape index (κ3) is 1.54. The van der Waals surface area contributed by atoms with Crippen molar-refractivity contribution in [3.8, 4) is 16.9 Å². The second kappa shape index (κ2) is 3.31. The summed E-state index contributed by atoms with van der Waals surface area (Å²) in [4.78, 5) is 0. The van der Waals surface area contributed by atoms with Crippen molar-refractivity contribution >= 4 is 0 Å². The molecule has 0 atom stereocenters. The van der Waals surface area contributed by atoms with Crippen molar-refractivity contribution in [2.45, 2.75) is 0 Å². The van der Waals surface area contributed by atoms with Gasteiger partial charge in [0.25, 0.3) is 0 Å².